The van der Waals surface area contributed by atoms with Crippen molar-refractivity contribution in [2.75, 3.05) is 20.1 Å². The summed E-state index contributed by atoms with van der Waals surface area (Å²) in [5.41, 5.74) is -1.68. The van der Waals surface area contributed by atoms with Crippen LogP contribution in [0.5, 0.6) is 0 Å². The molecule has 38 heavy (non-hydrogen) atoms. The molecule has 0 aromatic heterocycles. The van der Waals surface area contributed by atoms with E-state index in [2.05, 4.69) is 5.32 Å². The number of carbonyl (C=O) groups excluding carboxylic acids is 3. The molecule has 3 N–H and O–H groups in total. The van der Waals surface area contributed by atoms with Crippen LogP contribution in [0.1, 0.15) is 80.1 Å². The van der Waals surface area contributed by atoms with Crippen LogP contribution in [0.25, 0.3) is 0 Å². The second-order valence-corrected chi connectivity index (χ2v) is 12.7. The number of rotatable bonds is 6. The summed E-state index contributed by atoms with van der Waals surface area (Å²) in [4.78, 5) is 57.0. The van der Waals surface area contributed by atoms with Gasteiger partial charge in [0.2, 0.25) is 11.8 Å². The van der Waals surface area contributed by atoms with Crippen LogP contribution in [0.2, 0.25) is 0 Å². The van der Waals surface area contributed by atoms with Gasteiger partial charge in [-0.15, -0.1) is 0 Å². The smallest absolute Gasteiger partial charge is 0.410 e. The fourth-order valence-corrected chi connectivity index (χ4v) is 6.16. The van der Waals surface area contributed by atoms with E-state index < -0.39 is 59.2 Å². The Morgan fingerprint density at radius 1 is 1.13 bits per heavy atom. The number of nitrogens with one attached hydrogen (secondary N) is 1. The van der Waals surface area contributed by atoms with E-state index >= 15 is 0 Å². The number of carboxylic acids is 1. The first-order valence-electron chi connectivity index (χ1n) is 13.8. The van der Waals surface area contributed by atoms with Crippen LogP contribution >= 0.6 is 0 Å². The van der Waals surface area contributed by atoms with E-state index in [1.807, 2.05) is 11.8 Å². The predicted octanol–water partition coefficient (Wildman–Crippen LogP) is 1.82. The SMILES string of the molecule is CC1[C@H]2C[C@@](C)(O)CN2C[C@@H](C(=O)O)N1C(=O)[C@@H](NC(=O)[C@H](C)N(C)C(=O)OC(C)(C)C)C1CCCCC1. The molecular weight excluding hydrogens is 492 g/mol. The van der Waals surface area contributed by atoms with Gasteiger partial charge in [-0.25, -0.2) is 9.59 Å². The van der Waals surface area contributed by atoms with Crippen LogP contribution < -0.4 is 5.32 Å². The number of amides is 3. The van der Waals surface area contributed by atoms with Gasteiger partial charge in [0, 0.05) is 32.2 Å². The molecule has 3 aliphatic rings. The normalized spacial score (nSPS) is 30.2. The number of likely N-dealkylation sites (N-methyl/N-ethyl adjacent to an activating group) is 1. The molecule has 3 fully saturated rings. The van der Waals surface area contributed by atoms with Gasteiger partial charge >= 0.3 is 12.1 Å². The number of aliphatic hydroxyl groups is 1. The second kappa shape index (κ2) is 11.4. The molecule has 6 atom stereocenters. The summed E-state index contributed by atoms with van der Waals surface area (Å²) in [7, 11) is 1.48. The van der Waals surface area contributed by atoms with Crippen LogP contribution in [0.15, 0.2) is 0 Å². The van der Waals surface area contributed by atoms with Crippen LogP contribution in [-0.2, 0) is 19.1 Å². The Labute approximate surface area is 225 Å². The van der Waals surface area contributed by atoms with Gasteiger partial charge in [-0.3, -0.25) is 19.4 Å². The number of carboxylic acid groups (broad SMARTS) is 1. The van der Waals surface area contributed by atoms with E-state index in [0.717, 1.165) is 32.1 Å². The monoisotopic (exact) mass is 538 g/mol. The van der Waals surface area contributed by atoms with Crippen molar-refractivity contribution in [2.45, 2.75) is 121 Å². The molecule has 0 radical (unpaired) electrons. The van der Waals surface area contributed by atoms with Gasteiger partial charge in [-0.05, 0) is 66.7 Å². The van der Waals surface area contributed by atoms with E-state index in [-0.39, 0.29) is 18.5 Å². The van der Waals surface area contributed by atoms with Gasteiger partial charge in [0.05, 0.1) is 5.60 Å². The summed E-state index contributed by atoms with van der Waals surface area (Å²) < 4.78 is 5.39. The van der Waals surface area contributed by atoms with E-state index in [1.165, 1.54) is 16.8 Å². The maximum absolute atomic E-state index is 14.2. The van der Waals surface area contributed by atoms with Crippen LogP contribution in [-0.4, -0.2) is 110 Å². The third-order valence-electron chi connectivity index (χ3n) is 8.27. The lowest BCUT2D eigenvalue weighted by molar-refractivity contribution is -0.161. The number of hydrogen-bond acceptors (Lipinski definition) is 7. The Hall–Kier alpha value is -2.40. The molecule has 2 heterocycles. The van der Waals surface area contributed by atoms with E-state index in [1.54, 1.807) is 34.6 Å². The zero-order valence-corrected chi connectivity index (χ0v) is 23.9. The molecule has 0 bridgehead atoms. The molecule has 2 saturated heterocycles. The van der Waals surface area contributed by atoms with Crippen molar-refractivity contribution in [2.24, 2.45) is 5.92 Å². The number of aliphatic carboxylic acids is 1. The summed E-state index contributed by atoms with van der Waals surface area (Å²) in [5.74, 6) is -2.15. The molecule has 11 heteroatoms. The van der Waals surface area contributed by atoms with Crippen molar-refractivity contribution in [3.63, 3.8) is 0 Å². The van der Waals surface area contributed by atoms with Gasteiger partial charge in [0.25, 0.3) is 0 Å². The minimum atomic E-state index is -1.11. The average molecular weight is 539 g/mol. The van der Waals surface area contributed by atoms with Gasteiger partial charge in [-0.2, -0.15) is 0 Å². The van der Waals surface area contributed by atoms with E-state index in [9.17, 15) is 29.4 Å². The fraction of sp³-hybridized carbons (Fsp3) is 0.852. The highest BCUT2D eigenvalue weighted by Gasteiger charge is 2.53. The number of ether oxygens (including phenoxy) is 1. The molecule has 1 unspecified atom stereocenters. The summed E-state index contributed by atoms with van der Waals surface area (Å²) in [5, 5.41) is 23.6. The van der Waals surface area contributed by atoms with E-state index in [0.29, 0.717) is 13.0 Å². The Balaban J connectivity index is 1.85. The molecule has 3 rings (SSSR count). The average Bonchev–Trinajstić information content (AvgIpc) is 3.14. The third-order valence-corrected chi connectivity index (χ3v) is 8.27. The maximum atomic E-state index is 14.2. The minimum Gasteiger partial charge on any atom is -0.480 e. The first kappa shape index (κ1) is 30.1. The highest BCUT2D eigenvalue weighted by molar-refractivity contribution is 5.93. The third kappa shape index (κ3) is 6.77. The summed E-state index contributed by atoms with van der Waals surface area (Å²) in [6, 6.07) is -3.54. The van der Waals surface area contributed by atoms with E-state index in [4.69, 9.17) is 4.74 Å². The highest BCUT2D eigenvalue weighted by atomic mass is 16.6. The van der Waals surface area contributed by atoms with Crippen molar-refractivity contribution < 1.29 is 34.1 Å². The zero-order chi connectivity index (χ0) is 28.6. The Kier molecular flexibility index (Phi) is 9.02. The standard InChI is InChI=1S/C27H46N4O7/c1-16-19-13-27(6,37)15-30(19)14-20(24(34)35)31(16)23(33)21(18-11-9-8-10-12-18)28-22(32)17(2)29(7)25(36)38-26(3,4)5/h16-21,37H,8-15H2,1-7H3,(H,28,32)(H,34,35)/t16?,17-,19+,20-,21-,27+/m0/s1. The maximum Gasteiger partial charge on any atom is 0.410 e. The van der Waals surface area contributed by atoms with Crippen LogP contribution in [0.4, 0.5) is 4.79 Å². The topological polar surface area (TPSA) is 140 Å². The number of piperazine rings is 1. The highest BCUT2D eigenvalue weighted by Crippen LogP contribution is 2.36. The first-order chi connectivity index (χ1) is 17.5. The molecule has 0 aromatic rings. The predicted molar refractivity (Wildman–Crippen MR) is 140 cm³/mol. The Bertz CT molecular complexity index is 912. The van der Waals surface area contributed by atoms with Crippen molar-refractivity contribution in [3.8, 4) is 0 Å². The van der Waals surface area contributed by atoms with Gasteiger partial charge in [-0.1, -0.05) is 19.3 Å². The first-order valence-corrected chi connectivity index (χ1v) is 13.8. The van der Waals surface area contributed by atoms with Crippen molar-refractivity contribution in [1.29, 1.82) is 0 Å². The molecule has 2 aliphatic heterocycles. The van der Waals surface area contributed by atoms with Crippen LogP contribution in [0.3, 0.4) is 0 Å². The molecule has 216 valence electrons. The summed E-state index contributed by atoms with van der Waals surface area (Å²) in [6.07, 6.45) is 4.18. The molecule has 11 nitrogen and oxygen atoms in total. The largest absolute Gasteiger partial charge is 0.480 e. The Morgan fingerprint density at radius 2 is 1.74 bits per heavy atom. The molecule has 3 amide bonds. The summed E-state index contributed by atoms with van der Waals surface area (Å²) >= 11 is 0. The fourth-order valence-electron chi connectivity index (χ4n) is 6.16. The van der Waals surface area contributed by atoms with Crippen LogP contribution in [0, 0.1) is 5.92 Å². The lowest BCUT2D eigenvalue weighted by Gasteiger charge is -2.48. The number of carbonyl (C=O) groups is 4. The van der Waals surface area contributed by atoms with Gasteiger partial charge in [0.15, 0.2) is 0 Å². The second-order valence-electron chi connectivity index (χ2n) is 12.7. The van der Waals surface area contributed by atoms with Gasteiger partial charge in [0.1, 0.15) is 23.7 Å². The quantitative estimate of drug-likeness (QED) is 0.465. The lowest BCUT2D eigenvalue weighted by atomic mass is 9.82. The molecule has 1 aliphatic carbocycles. The number of hydrogen-bond donors (Lipinski definition) is 3. The van der Waals surface area contributed by atoms with Crippen molar-refractivity contribution >= 4 is 23.9 Å². The van der Waals surface area contributed by atoms with Gasteiger partial charge < -0.3 is 25.2 Å². The molecular formula is C27H46N4O7. The molecule has 1 saturated carbocycles. The molecule has 0 spiro atoms. The Morgan fingerprint density at radius 3 is 2.29 bits per heavy atom. The summed E-state index contributed by atoms with van der Waals surface area (Å²) in [6.45, 7) is 10.8. The number of nitrogens with zero attached hydrogens (tertiary/aromatic N) is 3. The number of fused-ring (bicyclic) bond motifs is 1. The van der Waals surface area contributed by atoms with Crippen molar-refractivity contribution in [1.82, 2.24) is 20.0 Å². The lowest BCUT2D eigenvalue weighted by Crippen LogP contribution is -2.68. The molecule has 0 aromatic carbocycles. The minimum absolute atomic E-state index is 0.120. The van der Waals surface area contributed by atoms with Crippen molar-refractivity contribution in [3.05, 3.63) is 0 Å². The zero-order valence-electron chi connectivity index (χ0n) is 23.9.